The highest BCUT2D eigenvalue weighted by atomic mass is 15.3. The van der Waals surface area contributed by atoms with Crippen LogP contribution in [0.4, 0.5) is 11.8 Å². The van der Waals surface area contributed by atoms with Crippen LogP contribution in [0, 0.1) is 0 Å². The first kappa shape index (κ1) is 18.2. The fourth-order valence-electron chi connectivity index (χ4n) is 3.92. The lowest BCUT2D eigenvalue weighted by atomic mass is 10.1. The molecule has 1 N–H and O–H groups in total. The highest BCUT2D eigenvalue weighted by molar-refractivity contribution is 5.43. The summed E-state index contributed by atoms with van der Waals surface area (Å²) < 4.78 is 0. The van der Waals surface area contributed by atoms with E-state index in [1.807, 2.05) is 12.3 Å². The molecule has 1 aromatic heterocycles. The van der Waals surface area contributed by atoms with Gasteiger partial charge in [0.25, 0.3) is 0 Å². The van der Waals surface area contributed by atoms with E-state index < -0.39 is 0 Å². The number of likely N-dealkylation sites (tertiary alicyclic amines) is 1. The van der Waals surface area contributed by atoms with E-state index in [1.54, 1.807) is 0 Å². The van der Waals surface area contributed by atoms with E-state index in [0.29, 0.717) is 12.1 Å². The van der Waals surface area contributed by atoms with Gasteiger partial charge in [-0.3, -0.25) is 4.90 Å². The zero-order valence-corrected chi connectivity index (χ0v) is 15.7. The molecule has 0 amide bonds. The minimum absolute atomic E-state index is 0.450. The van der Waals surface area contributed by atoms with E-state index in [-0.39, 0.29) is 0 Å². The largest absolute Gasteiger partial charge is 0.356 e. The van der Waals surface area contributed by atoms with Crippen LogP contribution in [0.5, 0.6) is 0 Å². The molecule has 0 saturated carbocycles. The van der Waals surface area contributed by atoms with Gasteiger partial charge in [-0.1, -0.05) is 18.9 Å². The maximum absolute atomic E-state index is 4.79. The Morgan fingerprint density at radius 3 is 2.84 bits per heavy atom. The molecule has 2 atom stereocenters. The highest BCUT2D eigenvalue weighted by Gasteiger charge is 2.26. The van der Waals surface area contributed by atoms with Crippen LogP contribution >= 0.6 is 0 Å². The Morgan fingerprint density at radius 2 is 2.08 bits per heavy atom. The van der Waals surface area contributed by atoms with Gasteiger partial charge in [-0.05, 0) is 45.1 Å². The van der Waals surface area contributed by atoms with E-state index in [2.05, 4.69) is 39.7 Å². The fraction of sp³-hybridized carbons (Fsp3) is 0.700. The SMILES string of the molecule is C=CCCC(C)N1CCC(Nc2nccc(N3CCCCCC3)n2)C1. The Bertz CT molecular complexity index is 539. The minimum atomic E-state index is 0.450. The molecule has 25 heavy (non-hydrogen) atoms. The molecule has 2 aliphatic heterocycles. The van der Waals surface area contributed by atoms with Crippen LogP contribution in [0.25, 0.3) is 0 Å². The first-order valence-electron chi connectivity index (χ1n) is 9.96. The summed E-state index contributed by atoms with van der Waals surface area (Å²) in [7, 11) is 0. The number of anilines is 2. The van der Waals surface area contributed by atoms with Crippen molar-refractivity contribution in [3.8, 4) is 0 Å². The molecular weight excluding hydrogens is 310 g/mol. The molecule has 3 heterocycles. The third-order valence-corrected chi connectivity index (χ3v) is 5.54. The van der Waals surface area contributed by atoms with Crippen molar-refractivity contribution in [2.75, 3.05) is 36.4 Å². The highest BCUT2D eigenvalue weighted by Crippen LogP contribution is 2.21. The van der Waals surface area contributed by atoms with Gasteiger partial charge in [0, 0.05) is 44.5 Å². The van der Waals surface area contributed by atoms with Crippen molar-refractivity contribution in [2.45, 2.75) is 64.0 Å². The van der Waals surface area contributed by atoms with Crippen LogP contribution < -0.4 is 10.2 Å². The molecule has 2 unspecified atom stereocenters. The molecule has 0 aliphatic carbocycles. The molecule has 2 aliphatic rings. The average molecular weight is 344 g/mol. The van der Waals surface area contributed by atoms with Crippen molar-refractivity contribution in [3.63, 3.8) is 0 Å². The van der Waals surface area contributed by atoms with Crippen LogP contribution in [0.15, 0.2) is 24.9 Å². The van der Waals surface area contributed by atoms with Gasteiger partial charge >= 0.3 is 0 Å². The third kappa shape index (κ3) is 5.18. The molecule has 2 fully saturated rings. The van der Waals surface area contributed by atoms with E-state index in [1.165, 1.54) is 32.1 Å². The number of allylic oxidation sites excluding steroid dienone is 1. The zero-order valence-electron chi connectivity index (χ0n) is 15.7. The van der Waals surface area contributed by atoms with Crippen molar-refractivity contribution >= 4 is 11.8 Å². The third-order valence-electron chi connectivity index (χ3n) is 5.54. The first-order valence-corrected chi connectivity index (χ1v) is 9.96. The number of hydrogen-bond donors (Lipinski definition) is 1. The summed E-state index contributed by atoms with van der Waals surface area (Å²) in [5.41, 5.74) is 0. The van der Waals surface area contributed by atoms with E-state index in [0.717, 1.165) is 50.8 Å². The van der Waals surface area contributed by atoms with Gasteiger partial charge in [0.05, 0.1) is 0 Å². The van der Waals surface area contributed by atoms with E-state index in [9.17, 15) is 0 Å². The molecule has 5 heteroatoms. The van der Waals surface area contributed by atoms with Crippen LogP contribution in [-0.2, 0) is 0 Å². The second kappa shape index (κ2) is 9.18. The molecule has 0 spiro atoms. The van der Waals surface area contributed by atoms with Crippen molar-refractivity contribution in [2.24, 2.45) is 0 Å². The number of nitrogens with one attached hydrogen (secondary N) is 1. The van der Waals surface area contributed by atoms with Gasteiger partial charge in [-0.2, -0.15) is 4.98 Å². The molecule has 1 aromatic rings. The predicted octanol–water partition coefficient (Wildman–Crippen LogP) is 3.70. The number of nitrogens with zero attached hydrogens (tertiary/aromatic N) is 4. The maximum Gasteiger partial charge on any atom is 0.224 e. The number of rotatable bonds is 7. The molecule has 2 saturated heterocycles. The normalized spacial score (nSPS) is 23.2. The quantitative estimate of drug-likeness (QED) is 0.765. The van der Waals surface area contributed by atoms with Gasteiger partial charge in [0.2, 0.25) is 5.95 Å². The lowest BCUT2D eigenvalue weighted by Gasteiger charge is -2.24. The smallest absolute Gasteiger partial charge is 0.224 e. The van der Waals surface area contributed by atoms with Crippen LogP contribution in [0.3, 0.4) is 0 Å². The van der Waals surface area contributed by atoms with Crippen LogP contribution in [0.2, 0.25) is 0 Å². The van der Waals surface area contributed by atoms with Gasteiger partial charge < -0.3 is 10.2 Å². The number of hydrogen-bond acceptors (Lipinski definition) is 5. The lowest BCUT2D eigenvalue weighted by Crippen LogP contribution is -2.33. The second-order valence-electron chi connectivity index (χ2n) is 7.48. The standard InChI is InChI=1S/C20H33N5/c1-3-4-9-17(2)25-15-11-18(16-25)22-20-21-12-10-19(23-20)24-13-7-5-6-8-14-24/h3,10,12,17-18H,1,4-9,11,13-16H2,2H3,(H,21,22,23). The minimum Gasteiger partial charge on any atom is -0.356 e. The Hall–Kier alpha value is -1.62. The zero-order chi connectivity index (χ0) is 17.5. The summed E-state index contributed by atoms with van der Waals surface area (Å²) >= 11 is 0. The Morgan fingerprint density at radius 1 is 1.28 bits per heavy atom. The average Bonchev–Trinajstić information content (AvgIpc) is 2.92. The van der Waals surface area contributed by atoms with Crippen LogP contribution in [0.1, 0.15) is 51.9 Å². The number of aromatic nitrogens is 2. The summed E-state index contributed by atoms with van der Waals surface area (Å²) in [4.78, 5) is 14.2. The summed E-state index contributed by atoms with van der Waals surface area (Å²) in [6.07, 6.45) is 12.6. The van der Waals surface area contributed by atoms with Crippen molar-refractivity contribution in [1.29, 1.82) is 0 Å². The van der Waals surface area contributed by atoms with E-state index in [4.69, 9.17) is 4.98 Å². The first-order chi connectivity index (χ1) is 12.3. The summed E-state index contributed by atoms with van der Waals surface area (Å²) in [6, 6.07) is 3.12. The van der Waals surface area contributed by atoms with Gasteiger partial charge in [-0.25, -0.2) is 4.98 Å². The second-order valence-corrected chi connectivity index (χ2v) is 7.48. The summed E-state index contributed by atoms with van der Waals surface area (Å²) in [6.45, 7) is 10.6. The fourth-order valence-corrected chi connectivity index (χ4v) is 3.92. The molecule has 138 valence electrons. The van der Waals surface area contributed by atoms with Crippen molar-refractivity contribution in [3.05, 3.63) is 24.9 Å². The van der Waals surface area contributed by atoms with Gasteiger partial charge in [0.1, 0.15) is 5.82 Å². The van der Waals surface area contributed by atoms with Gasteiger partial charge in [0.15, 0.2) is 0 Å². The molecule has 3 rings (SSSR count). The monoisotopic (exact) mass is 343 g/mol. The van der Waals surface area contributed by atoms with Crippen molar-refractivity contribution < 1.29 is 0 Å². The molecular formula is C20H33N5. The van der Waals surface area contributed by atoms with Crippen molar-refractivity contribution in [1.82, 2.24) is 14.9 Å². The predicted molar refractivity (Wildman–Crippen MR) is 105 cm³/mol. The lowest BCUT2D eigenvalue weighted by molar-refractivity contribution is 0.246. The summed E-state index contributed by atoms with van der Waals surface area (Å²) in [5, 5.41) is 3.57. The molecule has 0 radical (unpaired) electrons. The molecule has 5 nitrogen and oxygen atoms in total. The summed E-state index contributed by atoms with van der Waals surface area (Å²) in [5.74, 6) is 1.86. The molecule has 0 bridgehead atoms. The Balaban J connectivity index is 1.54. The van der Waals surface area contributed by atoms with Gasteiger partial charge in [-0.15, -0.1) is 6.58 Å². The Labute approximate surface area is 152 Å². The van der Waals surface area contributed by atoms with E-state index >= 15 is 0 Å². The maximum atomic E-state index is 4.79. The Kier molecular flexibility index (Phi) is 6.68. The van der Waals surface area contributed by atoms with Crippen LogP contribution in [-0.4, -0.2) is 53.1 Å². The molecule has 0 aromatic carbocycles. The topological polar surface area (TPSA) is 44.3 Å².